The predicted molar refractivity (Wildman–Crippen MR) is 109 cm³/mol. The fraction of sp³-hybridized carbons (Fsp3) is 0.182. The molecule has 138 valence electrons. The van der Waals surface area contributed by atoms with Gasteiger partial charge in [0.25, 0.3) is 5.91 Å². The van der Waals surface area contributed by atoms with Crippen LogP contribution in [0.2, 0.25) is 0 Å². The molecule has 27 heavy (non-hydrogen) atoms. The normalized spacial score (nSPS) is 10.3. The molecule has 0 spiro atoms. The maximum Gasteiger partial charge on any atom is 0.257 e. The number of ether oxygens (including phenoxy) is 1. The van der Waals surface area contributed by atoms with Gasteiger partial charge in [-0.1, -0.05) is 17.7 Å². The van der Waals surface area contributed by atoms with Gasteiger partial charge in [-0.05, 0) is 68.8 Å². The molecule has 0 aliphatic carbocycles. The van der Waals surface area contributed by atoms with Gasteiger partial charge in [-0.3, -0.25) is 4.79 Å². The van der Waals surface area contributed by atoms with E-state index in [4.69, 9.17) is 4.74 Å². The van der Waals surface area contributed by atoms with E-state index in [1.165, 1.54) is 0 Å². The third kappa shape index (κ3) is 4.85. The van der Waals surface area contributed by atoms with Gasteiger partial charge in [0.1, 0.15) is 11.6 Å². The van der Waals surface area contributed by atoms with Crippen LogP contribution >= 0.6 is 0 Å². The van der Waals surface area contributed by atoms with Crippen molar-refractivity contribution < 1.29 is 9.53 Å². The molecular weight excluding hydrogens is 338 g/mol. The zero-order valence-corrected chi connectivity index (χ0v) is 15.7. The van der Waals surface area contributed by atoms with E-state index in [1.807, 2.05) is 63.2 Å². The first kappa shape index (κ1) is 18.5. The van der Waals surface area contributed by atoms with Gasteiger partial charge in [0, 0.05) is 17.6 Å². The first-order chi connectivity index (χ1) is 13.0. The number of pyridine rings is 1. The largest absolute Gasteiger partial charge is 0.494 e. The highest BCUT2D eigenvalue weighted by Crippen LogP contribution is 2.20. The van der Waals surface area contributed by atoms with E-state index in [0.717, 1.165) is 28.3 Å². The minimum Gasteiger partial charge on any atom is -0.494 e. The number of benzene rings is 2. The number of anilines is 3. The van der Waals surface area contributed by atoms with Crippen molar-refractivity contribution in [1.29, 1.82) is 0 Å². The predicted octanol–water partition coefficient (Wildman–Crippen LogP) is 5.09. The van der Waals surface area contributed by atoms with E-state index in [1.54, 1.807) is 18.3 Å². The lowest BCUT2D eigenvalue weighted by atomic mass is 10.1. The molecule has 1 heterocycles. The van der Waals surface area contributed by atoms with Gasteiger partial charge in [0.2, 0.25) is 0 Å². The maximum absolute atomic E-state index is 12.4. The fourth-order valence-electron chi connectivity index (χ4n) is 2.70. The Kier molecular flexibility index (Phi) is 5.71. The maximum atomic E-state index is 12.4. The minimum atomic E-state index is -0.179. The van der Waals surface area contributed by atoms with Gasteiger partial charge >= 0.3 is 0 Å². The van der Waals surface area contributed by atoms with Gasteiger partial charge in [-0.15, -0.1) is 0 Å². The van der Waals surface area contributed by atoms with Crippen LogP contribution in [0.3, 0.4) is 0 Å². The van der Waals surface area contributed by atoms with Crippen molar-refractivity contribution >= 4 is 23.1 Å². The van der Waals surface area contributed by atoms with E-state index in [0.29, 0.717) is 18.0 Å². The summed E-state index contributed by atoms with van der Waals surface area (Å²) in [7, 11) is 0. The molecule has 1 amide bonds. The number of nitrogens with zero attached hydrogens (tertiary/aromatic N) is 1. The summed E-state index contributed by atoms with van der Waals surface area (Å²) >= 11 is 0. The second kappa shape index (κ2) is 8.36. The van der Waals surface area contributed by atoms with Crippen LogP contribution in [0.1, 0.15) is 28.4 Å². The lowest BCUT2D eigenvalue weighted by Crippen LogP contribution is -2.13. The first-order valence-corrected chi connectivity index (χ1v) is 8.89. The van der Waals surface area contributed by atoms with Crippen LogP contribution in [0.4, 0.5) is 17.2 Å². The molecule has 1 aromatic heterocycles. The summed E-state index contributed by atoms with van der Waals surface area (Å²) in [6.07, 6.45) is 1.57. The van der Waals surface area contributed by atoms with Crippen molar-refractivity contribution in [2.24, 2.45) is 0 Å². The standard InChI is InChI=1S/C22H23N3O2/c1-4-27-19-9-7-18(8-10-19)24-21-12-6-17(14-23-21)22(26)25-20-11-5-15(2)13-16(20)3/h5-14H,4H2,1-3H3,(H,23,24)(H,25,26). The number of carbonyl (C=O) groups is 1. The monoisotopic (exact) mass is 361 g/mol. The van der Waals surface area contributed by atoms with Gasteiger partial charge in [-0.2, -0.15) is 0 Å². The summed E-state index contributed by atoms with van der Waals surface area (Å²) in [4.78, 5) is 16.8. The molecular formula is C22H23N3O2. The van der Waals surface area contributed by atoms with Crippen LogP contribution in [-0.4, -0.2) is 17.5 Å². The molecule has 0 fully saturated rings. The van der Waals surface area contributed by atoms with Crippen molar-refractivity contribution in [2.45, 2.75) is 20.8 Å². The van der Waals surface area contributed by atoms with Crippen molar-refractivity contribution in [3.8, 4) is 5.75 Å². The van der Waals surface area contributed by atoms with Crippen molar-refractivity contribution in [3.05, 3.63) is 77.5 Å². The van der Waals surface area contributed by atoms with Gasteiger partial charge in [-0.25, -0.2) is 4.98 Å². The van der Waals surface area contributed by atoms with Crippen LogP contribution in [0.5, 0.6) is 5.75 Å². The van der Waals surface area contributed by atoms with Crippen molar-refractivity contribution in [3.63, 3.8) is 0 Å². The van der Waals surface area contributed by atoms with Crippen LogP contribution in [0.25, 0.3) is 0 Å². The number of carbonyl (C=O) groups excluding carboxylic acids is 1. The van der Waals surface area contributed by atoms with Crippen LogP contribution in [-0.2, 0) is 0 Å². The molecule has 0 atom stereocenters. The summed E-state index contributed by atoms with van der Waals surface area (Å²) in [5, 5.41) is 6.13. The minimum absolute atomic E-state index is 0.179. The molecule has 0 saturated heterocycles. The second-order valence-electron chi connectivity index (χ2n) is 6.29. The molecule has 3 aromatic rings. The summed E-state index contributed by atoms with van der Waals surface area (Å²) in [5.74, 6) is 1.32. The molecule has 5 nitrogen and oxygen atoms in total. The Bertz CT molecular complexity index is 919. The van der Waals surface area contributed by atoms with E-state index in [9.17, 15) is 4.79 Å². The lowest BCUT2D eigenvalue weighted by molar-refractivity contribution is 0.102. The van der Waals surface area contributed by atoms with Crippen LogP contribution < -0.4 is 15.4 Å². The molecule has 0 saturated carbocycles. The Labute approximate surface area is 159 Å². The molecule has 0 aliphatic rings. The zero-order valence-electron chi connectivity index (χ0n) is 15.7. The van der Waals surface area contributed by atoms with E-state index in [-0.39, 0.29) is 5.91 Å². The highest BCUT2D eigenvalue weighted by Gasteiger charge is 2.08. The lowest BCUT2D eigenvalue weighted by Gasteiger charge is -2.10. The number of aryl methyl sites for hydroxylation is 2. The van der Waals surface area contributed by atoms with Crippen LogP contribution in [0, 0.1) is 13.8 Å². The molecule has 2 N–H and O–H groups in total. The summed E-state index contributed by atoms with van der Waals surface area (Å²) in [6, 6.07) is 17.1. The highest BCUT2D eigenvalue weighted by atomic mass is 16.5. The highest BCUT2D eigenvalue weighted by molar-refractivity contribution is 6.04. The first-order valence-electron chi connectivity index (χ1n) is 8.89. The topological polar surface area (TPSA) is 63.2 Å². The quantitative estimate of drug-likeness (QED) is 0.642. The average molecular weight is 361 g/mol. The van der Waals surface area contributed by atoms with Crippen molar-refractivity contribution in [2.75, 3.05) is 17.2 Å². The molecule has 0 unspecified atom stereocenters. The molecule has 2 aromatic carbocycles. The van der Waals surface area contributed by atoms with Crippen LogP contribution in [0.15, 0.2) is 60.8 Å². The second-order valence-corrected chi connectivity index (χ2v) is 6.29. The van der Waals surface area contributed by atoms with Gasteiger partial charge in [0.05, 0.1) is 12.2 Å². The SMILES string of the molecule is CCOc1ccc(Nc2ccc(C(=O)Nc3ccc(C)cc3C)cn2)cc1. The molecule has 0 radical (unpaired) electrons. The number of aromatic nitrogens is 1. The Hall–Kier alpha value is -3.34. The molecule has 3 rings (SSSR count). The van der Waals surface area contributed by atoms with Crippen molar-refractivity contribution in [1.82, 2.24) is 4.98 Å². The van der Waals surface area contributed by atoms with Gasteiger partial charge in [0.15, 0.2) is 0 Å². The third-order valence-electron chi connectivity index (χ3n) is 4.09. The van der Waals surface area contributed by atoms with E-state index in [2.05, 4.69) is 15.6 Å². The molecule has 0 bridgehead atoms. The number of hydrogen-bond acceptors (Lipinski definition) is 4. The van der Waals surface area contributed by atoms with E-state index >= 15 is 0 Å². The number of amides is 1. The summed E-state index contributed by atoms with van der Waals surface area (Å²) in [5.41, 5.74) is 4.41. The smallest absolute Gasteiger partial charge is 0.257 e. The van der Waals surface area contributed by atoms with E-state index < -0.39 is 0 Å². The number of nitrogens with one attached hydrogen (secondary N) is 2. The molecule has 0 aliphatic heterocycles. The third-order valence-corrected chi connectivity index (χ3v) is 4.09. The Morgan fingerprint density at radius 2 is 1.81 bits per heavy atom. The summed E-state index contributed by atoms with van der Waals surface area (Å²) in [6.45, 7) is 6.59. The average Bonchev–Trinajstić information content (AvgIpc) is 2.66. The van der Waals surface area contributed by atoms with Gasteiger partial charge < -0.3 is 15.4 Å². The summed E-state index contributed by atoms with van der Waals surface area (Å²) < 4.78 is 5.43. The number of hydrogen-bond donors (Lipinski definition) is 2. The fourth-order valence-corrected chi connectivity index (χ4v) is 2.70. The number of rotatable bonds is 6. The molecule has 5 heteroatoms. The Morgan fingerprint density at radius 3 is 2.44 bits per heavy atom. The zero-order chi connectivity index (χ0) is 19.2. The Balaban J connectivity index is 1.64. The Morgan fingerprint density at radius 1 is 1.04 bits per heavy atom.